The van der Waals surface area contributed by atoms with Crippen molar-refractivity contribution < 1.29 is 14.6 Å². The lowest BCUT2D eigenvalue weighted by Gasteiger charge is -2.52. The van der Waals surface area contributed by atoms with Gasteiger partial charge in [0.1, 0.15) is 6.10 Å². The molecule has 0 heterocycles. The first-order valence-electron chi connectivity index (χ1n) is 15.6. The SMILES string of the molecule is C=C1CCC(O[Si](C)(C)C(C)(C)C)C/C1=C/C(O)C1(O)CCCC2(C)C(C(C)/C=C/C(C)C(C)C)CCC21. The van der Waals surface area contributed by atoms with Crippen molar-refractivity contribution in [1.29, 1.82) is 0 Å². The Hall–Kier alpha value is -0.683. The van der Waals surface area contributed by atoms with Crippen LogP contribution < -0.4 is 0 Å². The van der Waals surface area contributed by atoms with Crippen LogP contribution in [0.1, 0.15) is 107 Å². The first-order valence-corrected chi connectivity index (χ1v) is 18.5. The van der Waals surface area contributed by atoms with E-state index in [-0.39, 0.29) is 22.5 Å². The van der Waals surface area contributed by atoms with Gasteiger partial charge in [-0.1, -0.05) is 79.7 Å². The first kappa shape index (κ1) is 31.8. The van der Waals surface area contributed by atoms with Crippen molar-refractivity contribution >= 4 is 8.32 Å². The number of hydrogen-bond acceptors (Lipinski definition) is 3. The fourth-order valence-electron chi connectivity index (χ4n) is 7.50. The zero-order chi connectivity index (χ0) is 28.7. The van der Waals surface area contributed by atoms with Gasteiger partial charge in [0, 0.05) is 6.10 Å². The average Bonchev–Trinajstić information content (AvgIpc) is 3.16. The maximum absolute atomic E-state index is 12.2. The van der Waals surface area contributed by atoms with Gasteiger partial charge >= 0.3 is 0 Å². The molecule has 0 aliphatic heterocycles. The van der Waals surface area contributed by atoms with Crippen LogP contribution in [0.15, 0.2) is 36.0 Å². The first-order chi connectivity index (χ1) is 17.4. The van der Waals surface area contributed by atoms with E-state index in [9.17, 15) is 10.2 Å². The number of rotatable bonds is 8. The zero-order valence-electron chi connectivity index (χ0n) is 26.4. The number of aliphatic hydroxyl groups is 2. The molecule has 4 heteroatoms. The minimum absolute atomic E-state index is 0.0505. The lowest BCUT2D eigenvalue weighted by atomic mass is 9.56. The van der Waals surface area contributed by atoms with Crippen LogP contribution in [0.25, 0.3) is 0 Å². The molecule has 3 saturated carbocycles. The second-order valence-electron chi connectivity index (χ2n) is 15.4. The Bertz CT molecular complexity index is 896. The third-order valence-corrected chi connectivity index (χ3v) is 16.1. The molecule has 0 bridgehead atoms. The van der Waals surface area contributed by atoms with E-state index in [0.29, 0.717) is 30.1 Å². The molecule has 3 fully saturated rings. The lowest BCUT2D eigenvalue weighted by molar-refractivity contribution is -0.155. The molecular formula is C34H60O3Si. The van der Waals surface area contributed by atoms with Crippen LogP contribution in [-0.4, -0.2) is 36.3 Å². The number of allylic oxidation sites excluding steroid dienone is 3. The van der Waals surface area contributed by atoms with Crippen molar-refractivity contribution in [3.63, 3.8) is 0 Å². The van der Waals surface area contributed by atoms with E-state index in [1.165, 1.54) is 0 Å². The van der Waals surface area contributed by atoms with Crippen molar-refractivity contribution in [3.05, 3.63) is 36.0 Å². The van der Waals surface area contributed by atoms with E-state index in [4.69, 9.17) is 4.43 Å². The van der Waals surface area contributed by atoms with Gasteiger partial charge in [-0.3, -0.25) is 0 Å². The predicted octanol–water partition coefficient (Wildman–Crippen LogP) is 8.84. The van der Waals surface area contributed by atoms with Gasteiger partial charge in [-0.2, -0.15) is 0 Å². The molecule has 3 rings (SSSR count). The second kappa shape index (κ2) is 11.7. The van der Waals surface area contributed by atoms with Crippen LogP contribution in [0, 0.1) is 35.0 Å². The van der Waals surface area contributed by atoms with Crippen LogP contribution in [0.3, 0.4) is 0 Å². The minimum atomic E-state index is -1.87. The van der Waals surface area contributed by atoms with Gasteiger partial charge in [-0.15, -0.1) is 0 Å². The van der Waals surface area contributed by atoms with E-state index in [2.05, 4.69) is 87.2 Å². The molecule has 0 spiro atoms. The molecule has 218 valence electrons. The van der Waals surface area contributed by atoms with E-state index < -0.39 is 20.0 Å². The maximum atomic E-state index is 12.2. The van der Waals surface area contributed by atoms with Gasteiger partial charge in [0.05, 0.1) is 5.60 Å². The summed E-state index contributed by atoms with van der Waals surface area (Å²) in [6, 6.07) is 0. The Morgan fingerprint density at radius 3 is 2.32 bits per heavy atom. The smallest absolute Gasteiger partial charge is 0.192 e. The highest BCUT2D eigenvalue weighted by molar-refractivity contribution is 6.74. The molecule has 3 nitrogen and oxygen atoms in total. The fraction of sp³-hybridized carbons (Fsp3) is 0.824. The summed E-state index contributed by atoms with van der Waals surface area (Å²) in [5.41, 5.74) is 1.18. The summed E-state index contributed by atoms with van der Waals surface area (Å²) in [5.74, 6) is 2.37. The highest BCUT2D eigenvalue weighted by Crippen LogP contribution is 2.61. The number of aliphatic hydroxyl groups excluding tert-OH is 1. The lowest BCUT2D eigenvalue weighted by Crippen LogP contribution is -2.56. The van der Waals surface area contributed by atoms with E-state index in [1.54, 1.807) is 0 Å². The minimum Gasteiger partial charge on any atom is -0.414 e. The summed E-state index contributed by atoms with van der Waals surface area (Å²) < 4.78 is 6.76. The average molecular weight is 545 g/mol. The van der Waals surface area contributed by atoms with Crippen molar-refractivity contribution in [3.8, 4) is 0 Å². The Kier molecular flexibility index (Phi) is 9.77. The largest absolute Gasteiger partial charge is 0.414 e. The fourth-order valence-corrected chi connectivity index (χ4v) is 8.89. The van der Waals surface area contributed by atoms with Gasteiger partial charge in [0.2, 0.25) is 0 Å². The summed E-state index contributed by atoms with van der Waals surface area (Å²) in [6.45, 7) is 27.5. The molecule has 38 heavy (non-hydrogen) atoms. The van der Waals surface area contributed by atoms with Crippen LogP contribution in [-0.2, 0) is 4.43 Å². The van der Waals surface area contributed by atoms with Crippen LogP contribution in [0.2, 0.25) is 18.1 Å². The van der Waals surface area contributed by atoms with Gasteiger partial charge in [-0.25, -0.2) is 0 Å². The Morgan fingerprint density at radius 1 is 1.05 bits per heavy atom. The zero-order valence-corrected chi connectivity index (χ0v) is 27.4. The van der Waals surface area contributed by atoms with Gasteiger partial charge < -0.3 is 14.6 Å². The number of hydrogen-bond donors (Lipinski definition) is 2. The molecule has 3 aliphatic rings. The summed E-state index contributed by atoms with van der Waals surface area (Å²) >= 11 is 0. The van der Waals surface area contributed by atoms with E-state index in [0.717, 1.165) is 56.1 Å². The molecule has 0 saturated heterocycles. The molecule has 8 atom stereocenters. The molecule has 3 aliphatic carbocycles. The van der Waals surface area contributed by atoms with Gasteiger partial charge in [0.15, 0.2) is 8.32 Å². The monoisotopic (exact) mass is 544 g/mol. The third-order valence-electron chi connectivity index (χ3n) is 11.5. The van der Waals surface area contributed by atoms with Crippen molar-refractivity contribution in [2.75, 3.05) is 0 Å². The van der Waals surface area contributed by atoms with Crippen molar-refractivity contribution in [1.82, 2.24) is 0 Å². The van der Waals surface area contributed by atoms with Crippen molar-refractivity contribution in [2.24, 2.45) is 35.0 Å². The highest BCUT2D eigenvalue weighted by atomic mass is 28.4. The quantitative estimate of drug-likeness (QED) is 0.237. The molecule has 0 aromatic carbocycles. The Morgan fingerprint density at radius 2 is 1.71 bits per heavy atom. The Labute approximate surface area is 236 Å². The maximum Gasteiger partial charge on any atom is 0.192 e. The molecule has 8 unspecified atom stereocenters. The standard InChI is InChI=1S/C34H60O3Si/c1-23(2)24(3)13-14-26(5)29-17-18-30-33(29,9)19-12-20-34(30,36)31(35)22-27-21-28(16-15-25(27)4)37-38(10,11)32(6,7)8/h13-14,22-24,26,28-31,35-36H,4,12,15-21H2,1-3,5-11H3/b14-13+,27-22-. The van der Waals surface area contributed by atoms with E-state index in [1.807, 2.05) is 6.08 Å². The normalized spacial score (nSPS) is 36.6. The number of fused-ring (bicyclic) bond motifs is 1. The highest BCUT2D eigenvalue weighted by Gasteiger charge is 2.59. The summed E-state index contributed by atoms with van der Waals surface area (Å²) in [5, 5.41) is 24.0. The van der Waals surface area contributed by atoms with Crippen LogP contribution in [0.4, 0.5) is 0 Å². The summed E-state index contributed by atoms with van der Waals surface area (Å²) in [4.78, 5) is 0. The third kappa shape index (κ3) is 6.45. The summed E-state index contributed by atoms with van der Waals surface area (Å²) in [6.07, 6.45) is 13.7. The molecule has 0 amide bonds. The topological polar surface area (TPSA) is 49.7 Å². The Balaban J connectivity index is 1.78. The van der Waals surface area contributed by atoms with Gasteiger partial charge in [0.25, 0.3) is 0 Å². The van der Waals surface area contributed by atoms with Crippen molar-refractivity contribution in [2.45, 2.75) is 143 Å². The molecular weight excluding hydrogens is 484 g/mol. The summed E-state index contributed by atoms with van der Waals surface area (Å²) in [7, 11) is -1.87. The molecule has 2 N–H and O–H groups in total. The molecule has 0 aromatic rings. The second-order valence-corrected chi connectivity index (χ2v) is 20.2. The van der Waals surface area contributed by atoms with Crippen LogP contribution >= 0.6 is 0 Å². The molecule has 0 radical (unpaired) electrons. The molecule has 0 aromatic heterocycles. The van der Waals surface area contributed by atoms with Crippen LogP contribution in [0.5, 0.6) is 0 Å². The predicted molar refractivity (Wildman–Crippen MR) is 165 cm³/mol. The van der Waals surface area contributed by atoms with Gasteiger partial charge in [-0.05, 0) is 116 Å². The van der Waals surface area contributed by atoms with E-state index >= 15 is 0 Å².